The zero-order valence-electron chi connectivity index (χ0n) is 9.76. The first-order valence-corrected chi connectivity index (χ1v) is 5.90. The van der Waals surface area contributed by atoms with Crippen LogP contribution in [0.2, 0.25) is 5.02 Å². The molecule has 3 aromatic rings. The van der Waals surface area contributed by atoms with E-state index in [-0.39, 0.29) is 0 Å². The highest BCUT2D eigenvalue weighted by Gasteiger charge is 2.14. The summed E-state index contributed by atoms with van der Waals surface area (Å²) in [6, 6.07) is 9.37. The van der Waals surface area contributed by atoms with Gasteiger partial charge in [-0.2, -0.15) is 0 Å². The number of nitrogen functional groups attached to an aromatic ring is 1. The lowest BCUT2D eigenvalue weighted by Gasteiger charge is -2.06. The van der Waals surface area contributed by atoms with Crippen molar-refractivity contribution < 1.29 is 0 Å². The molecule has 0 saturated carbocycles. The molecular weight excluding hydrogens is 248 g/mol. The van der Waals surface area contributed by atoms with Gasteiger partial charge in [0, 0.05) is 11.9 Å². The minimum absolute atomic E-state index is 0.574. The summed E-state index contributed by atoms with van der Waals surface area (Å²) in [6.07, 6.45) is 1.92. The van der Waals surface area contributed by atoms with Gasteiger partial charge >= 0.3 is 0 Å². The Morgan fingerprint density at radius 3 is 2.83 bits per heavy atom. The first kappa shape index (κ1) is 11.0. The second-order valence-electron chi connectivity index (χ2n) is 4.16. The molecule has 0 unspecified atom stereocenters. The van der Waals surface area contributed by atoms with Gasteiger partial charge in [-0.05, 0) is 36.8 Å². The summed E-state index contributed by atoms with van der Waals surface area (Å²) in [5.41, 5.74) is 9.20. The van der Waals surface area contributed by atoms with Gasteiger partial charge in [-0.25, -0.2) is 0 Å². The number of benzene rings is 1. The van der Waals surface area contributed by atoms with E-state index >= 15 is 0 Å². The molecule has 0 atom stereocenters. The maximum absolute atomic E-state index is 6.19. The zero-order valence-corrected chi connectivity index (χ0v) is 10.5. The monoisotopic (exact) mass is 258 g/mol. The van der Waals surface area contributed by atoms with Gasteiger partial charge in [-0.1, -0.05) is 17.7 Å². The highest BCUT2D eigenvalue weighted by atomic mass is 35.5. The summed E-state index contributed by atoms with van der Waals surface area (Å²) in [5.74, 6) is 0.660. The van der Waals surface area contributed by atoms with Crippen molar-refractivity contribution in [3.05, 3.63) is 47.1 Å². The normalized spacial score (nSPS) is 11.0. The van der Waals surface area contributed by atoms with E-state index < -0.39 is 0 Å². The Bertz CT molecular complexity index is 713. The summed E-state index contributed by atoms with van der Waals surface area (Å²) in [5, 5.41) is 8.89. The Morgan fingerprint density at radius 1 is 1.22 bits per heavy atom. The SMILES string of the molecule is Cc1ccn2c(-c3c(N)cccc3Cl)nnc2c1. The fourth-order valence-electron chi connectivity index (χ4n) is 1.94. The molecule has 0 spiro atoms. The standard InChI is InChI=1S/C13H11ClN4/c1-8-5-6-18-11(7-8)16-17-13(18)12-9(14)3-2-4-10(12)15/h2-7H,15H2,1H3. The molecule has 18 heavy (non-hydrogen) atoms. The first-order valence-electron chi connectivity index (χ1n) is 5.52. The summed E-state index contributed by atoms with van der Waals surface area (Å²) in [6.45, 7) is 2.01. The lowest BCUT2D eigenvalue weighted by atomic mass is 10.1. The van der Waals surface area contributed by atoms with Crippen LogP contribution in [-0.4, -0.2) is 14.6 Å². The van der Waals surface area contributed by atoms with Crippen LogP contribution >= 0.6 is 11.6 Å². The molecule has 3 rings (SSSR count). The highest BCUT2D eigenvalue weighted by molar-refractivity contribution is 6.33. The number of aryl methyl sites for hydroxylation is 1. The molecule has 0 fully saturated rings. The molecule has 1 aromatic carbocycles. The van der Waals surface area contributed by atoms with Crippen LogP contribution < -0.4 is 5.73 Å². The van der Waals surface area contributed by atoms with Crippen molar-refractivity contribution in [2.75, 3.05) is 5.73 Å². The Hall–Kier alpha value is -2.07. The van der Waals surface area contributed by atoms with Crippen molar-refractivity contribution in [1.82, 2.24) is 14.6 Å². The molecule has 2 N–H and O–H groups in total. The van der Waals surface area contributed by atoms with Gasteiger partial charge < -0.3 is 5.73 Å². The van der Waals surface area contributed by atoms with Gasteiger partial charge in [0.05, 0.1) is 10.6 Å². The van der Waals surface area contributed by atoms with Gasteiger partial charge in [-0.3, -0.25) is 4.40 Å². The maximum Gasteiger partial charge on any atom is 0.171 e. The van der Waals surface area contributed by atoms with Gasteiger partial charge in [-0.15, -0.1) is 10.2 Å². The lowest BCUT2D eigenvalue weighted by Crippen LogP contribution is -1.95. The van der Waals surface area contributed by atoms with Crippen LogP contribution in [0.15, 0.2) is 36.5 Å². The number of nitrogens with zero attached hydrogens (tertiary/aromatic N) is 3. The molecule has 0 aliphatic heterocycles. The molecule has 4 nitrogen and oxygen atoms in total. The third kappa shape index (κ3) is 1.62. The van der Waals surface area contributed by atoms with E-state index in [2.05, 4.69) is 10.2 Å². The fourth-order valence-corrected chi connectivity index (χ4v) is 2.21. The van der Waals surface area contributed by atoms with Crippen LogP contribution in [-0.2, 0) is 0 Å². The molecule has 0 aliphatic rings. The van der Waals surface area contributed by atoms with Crippen LogP contribution in [0.3, 0.4) is 0 Å². The van der Waals surface area contributed by atoms with E-state index in [1.807, 2.05) is 35.7 Å². The molecule has 0 saturated heterocycles. The van der Waals surface area contributed by atoms with Crippen molar-refractivity contribution in [2.45, 2.75) is 6.92 Å². The summed E-state index contributed by atoms with van der Waals surface area (Å²) in [4.78, 5) is 0. The van der Waals surface area contributed by atoms with E-state index in [1.54, 1.807) is 12.1 Å². The van der Waals surface area contributed by atoms with Crippen LogP contribution in [0.1, 0.15) is 5.56 Å². The van der Waals surface area contributed by atoms with Crippen molar-refractivity contribution in [3.63, 3.8) is 0 Å². The average Bonchev–Trinajstić information content (AvgIpc) is 2.72. The van der Waals surface area contributed by atoms with Gasteiger partial charge in [0.15, 0.2) is 11.5 Å². The molecule has 0 aliphatic carbocycles. The number of hydrogen-bond acceptors (Lipinski definition) is 3. The van der Waals surface area contributed by atoms with E-state index in [0.717, 1.165) is 16.8 Å². The summed E-state index contributed by atoms with van der Waals surface area (Å²) >= 11 is 6.19. The van der Waals surface area contributed by atoms with Crippen molar-refractivity contribution in [1.29, 1.82) is 0 Å². The largest absolute Gasteiger partial charge is 0.398 e. The Kier molecular flexibility index (Phi) is 2.45. The molecule has 0 radical (unpaired) electrons. The number of aromatic nitrogens is 3. The maximum atomic E-state index is 6.19. The van der Waals surface area contributed by atoms with Gasteiger partial charge in [0.2, 0.25) is 0 Å². The minimum Gasteiger partial charge on any atom is -0.398 e. The third-order valence-electron chi connectivity index (χ3n) is 2.83. The van der Waals surface area contributed by atoms with Gasteiger partial charge in [0.25, 0.3) is 0 Å². The Labute approximate surface area is 109 Å². The quantitative estimate of drug-likeness (QED) is 0.683. The number of anilines is 1. The van der Waals surface area contributed by atoms with Crippen molar-refractivity contribution in [2.24, 2.45) is 0 Å². The van der Waals surface area contributed by atoms with Crippen LogP contribution in [0, 0.1) is 6.92 Å². The fraction of sp³-hybridized carbons (Fsp3) is 0.0769. The third-order valence-corrected chi connectivity index (χ3v) is 3.15. The molecule has 5 heteroatoms. The van der Waals surface area contributed by atoms with Crippen molar-refractivity contribution in [3.8, 4) is 11.4 Å². The smallest absolute Gasteiger partial charge is 0.171 e. The van der Waals surface area contributed by atoms with Gasteiger partial charge in [0.1, 0.15) is 0 Å². The van der Waals surface area contributed by atoms with E-state index in [4.69, 9.17) is 17.3 Å². The molecule has 2 aromatic heterocycles. The van der Waals surface area contributed by atoms with E-state index in [9.17, 15) is 0 Å². The molecule has 2 heterocycles. The Morgan fingerprint density at radius 2 is 2.06 bits per heavy atom. The lowest BCUT2D eigenvalue weighted by molar-refractivity contribution is 1.11. The van der Waals surface area contributed by atoms with Crippen LogP contribution in [0.4, 0.5) is 5.69 Å². The second kappa shape index (κ2) is 3.99. The molecule has 0 amide bonds. The van der Waals surface area contributed by atoms with Crippen LogP contribution in [0.25, 0.3) is 17.0 Å². The number of nitrogens with two attached hydrogens (primary N) is 1. The zero-order chi connectivity index (χ0) is 12.7. The molecular formula is C13H11ClN4. The predicted octanol–water partition coefficient (Wildman–Crippen LogP) is 2.94. The van der Waals surface area contributed by atoms with Crippen LogP contribution in [0.5, 0.6) is 0 Å². The number of fused-ring (bicyclic) bond motifs is 1. The first-order chi connectivity index (χ1) is 8.66. The second-order valence-corrected chi connectivity index (χ2v) is 4.57. The number of rotatable bonds is 1. The minimum atomic E-state index is 0.574. The average molecular weight is 259 g/mol. The Balaban J connectivity index is 2.32. The van der Waals surface area contributed by atoms with Crippen molar-refractivity contribution >= 4 is 22.9 Å². The molecule has 0 bridgehead atoms. The molecule has 90 valence electrons. The van der Waals surface area contributed by atoms with E-state index in [1.165, 1.54) is 0 Å². The predicted molar refractivity (Wildman–Crippen MR) is 72.6 cm³/mol. The number of hydrogen-bond donors (Lipinski definition) is 1. The number of halogens is 1. The number of pyridine rings is 1. The van der Waals surface area contributed by atoms with E-state index in [0.29, 0.717) is 16.5 Å². The summed E-state index contributed by atoms with van der Waals surface area (Å²) in [7, 11) is 0. The summed E-state index contributed by atoms with van der Waals surface area (Å²) < 4.78 is 1.88. The topological polar surface area (TPSA) is 56.2 Å². The highest BCUT2D eigenvalue weighted by Crippen LogP contribution is 2.32.